The van der Waals surface area contributed by atoms with Gasteiger partial charge in [-0.25, -0.2) is 4.79 Å². The van der Waals surface area contributed by atoms with Crippen LogP contribution in [0.2, 0.25) is 0 Å². The first-order valence-corrected chi connectivity index (χ1v) is 8.46. The van der Waals surface area contributed by atoms with Crippen molar-refractivity contribution in [3.05, 3.63) is 22.2 Å². The number of rotatable bonds is 3. The van der Waals surface area contributed by atoms with Crippen LogP contribution in [0, 0.1) is 0 Å². The van der Waals surface area contributed by atoms with Gasteiger partial charge in [-0.15, -0.1) is 0 Å². The number of benzene rings is 1. The summed E-state index contributed by atoms with van der Waals surface area (Å²) >= 11 is 3.45. The lowest BCUT2D eigenvalue weighted by atomic mass is 10.0. The van der Waals surface area contributed by atoms with Gasteiger partial charge in [0.1, 0.15) is 19.3 Å². The third kappa shape index (κ3) is 3.44. The number of aliphatic carboxylic acids is 1. The molecule has 1 aromatic rings. The van der Waals surface area contributed by atoms with Crippen LogP contribution in [0.3, 0.4) is 0 Å². The number of carbonyl (C=O) groups is 2. The maximum absolute atomic E-state index is 12.6. The van der Waals surface area contributed by atoms with Crippen LogP contribution in [-0.2, 0) is 16.0 Å². The van der Waals surface area contributed by atoms with E-state index in [9.17, 15) is 14.7 Å². The Morgan fingerprint density at radius 1 is 1.22 bits per heavy atom. The molecule has 1 saturated heterocycles. The van der Waals surface area contributed by atoms with Crippen molar-refractivity contribution in [2.24, 2.45) is 0 Å². The van der Waals surface area contributed by atoms with Gasteiger partial charge in [0.05, 0.1) is 6.42 Å². The summed E-state index contributed by atoms with van der Waals surface area (Å²) in [4.78, 5) is 25.4. The fourth-order valence-corrected chi connectivity index (χ4v) is 3.46. The van der Waals surface area contributed by atoms with Crippen LogP contribution in [0.25, 0.3) is 0 Å². The van der Waals surface area contributed by atoms with Crippen LogP contribution in [0.15, 0.2) is 16.6 Å². The van der Waals surface area contributed by atoms with Crippen molar-refractivity contribution in [3.8, 4) is 11.5 Å². The van der Waals surface area contributed by atoms with E-state index in [0.717, 1.165) is 22.9 Å². The van der Waals surface area contributed by atoms with Crippen molar-refractivity contribution in [1.29, 1.82) is 0 Å². The number of fused-ring (bicyclic) bond motifs is 1. The number of halogens is 1. The molecule has 3 rings (SSSR count). The Kier molecular flexibility index (Phi) is 4.75. The van der Waals surface area contributed by atoms with E-state index in [1.54, 1.807) is 12.1 Å². The highest BCUT2D eigenvalue weighted by molar-refractivity contribution is 9.10. The minimum atomic E-state index is -0.931. The van der Waals surface area contributed by atoms with Gasteiger partial charge >= 0.3 is 5.97 Å². The second kappa shape index (κ2) is 6.78. The molecule has 1 atom stereocenters. The fraction of sp³-hybridized carbons (Fsp3) is 0.500. The maximum atomic E-state index is 12.6. The second-order valence-corrected chi connectivity index (χ2v) is 6.56. The third-order valence-electron chi connectivity index (χ3n) is 4.16. The van der Waals surface area contributed by atoms with Gasteiger partial charge < -0.3 is 19.5 Å². The Morgan fingerprint density at radius 3 is 2.61 bits per heavy atom. The first-order chi connectivity index (χ1) is 11.1. The largest absolute Gasteiger partial charge is 0.486 e. The number of carboxylic acid groups (broad SMARTS) is 1. The minimum absolute atomic E-state index is 0.140. The topological polar surface area (TPSA) is 76.1 Å². The number of hydrogen-bond donors (Lipinski definition) is 1. The van der Waals surface area contributed by atoms with Crippen LogP contribution in [0.4, 0.5) is 0 Å². The number of hydrogen-bond acceptors (Lipinski definition) is 4. The summed E-state index contributed by atoms with van der Waals surface area (Å²) in [5.41, 5.74) is 0.772. The number of piperidine rings is 1. The molecule has 1 amide bonds. The van der Waals surface area contributed by atoms with Gasteiger partial charge in [-0.3, -0.25) is 4.79 Å². The molecule has 1 fully saturated rings. The number of ether oxygens (including phenoxy) is 2. The fourth-order valence-electron chi connectivity index (χ4n) is 2.99. The number of amides is 1. The molecule has 124 valence electrons. The van der Waals surface area contributed by atoms with E-state index >= 15 is 0 Å². The zero-order chi connectivity index (χ0) is 16.4. The SMILES string of the molecule is O=C(O)C1CCCCN1C(=O)Cc1cc2c(cc1Br)OCCO2. The summed E-state index contributed by atoms with van der Waals surface area (Å²) in [5, 5.41) is 9.30. The van der Waals surface area contributed by atoms with Crippen LogP contribution < -0.4 is 9.47 Å². The number of nitrogens with zero attached hydrogens (tertiary/aromatic N) is 1. The molecule has 2 aliphatic heterocycles. The van der Waals surface area contributed by atoms with E-state index in [1.807, 2.05) is 0 Å². The standard InChI is InChI=1S/C16H18BrNO5/c17-11-9-14-13(22-5-6-23-14)7-10(11)8-15(19)18-4-2-1-3-12(18)16(20)21/h7,9,12H,1-6,8H2,(H,20,21). The maximum Gasteiger partial charge on any atom is 0.326 e. The summed E-state index contributed by atoms with van der Waals surface area (Å²) in [7, 11) is 0. The average molecular weight is 384 g/mol. The van der Waals surface area contributed by atoms with E-state index in [-0.39, 0.29) is 12.3 Å². The van der Waals surface area contributed by atoms with Crippen LogP contribution >= 0.6 is 15.9 Å². The second-order valence-electron chi connectivity index (χ2n) is 5.70. The third-order valence-corrected chi connectivity index (χ3v) is 4.90. The van der Waals surface area contributed by atoms with Gasteiger partial charge in [-0.1, -0.05) is 15.9 Å². The first kappa shape index (κ1) is 16.1. The van der Waals surface area contributed by atoms with Crippen molar-refractivity contribution in [3.63, 3.8) is 0 Å². The highest BCUT2D eigenvalue weighted by atomic mass is 79.9. The molecule has 0 bridgehead atoms. The van der Waals surface area contributed by atoms with Gasteiger partial charge in [0.15, 0.2) is 11.5 Å². The smallest absolute Gasteiger partial charge is 0.326 e. The molecule has 23 heavy (non-hydrogen) atoms. The molecule has 0 radical (unpaired) electrons. The van der Waals surface area contributed by atoms with Gasteiger partial charge in [-0.05, 0) is 37.0 Å². The summed E-state index contributed by atoms with van der Waals surface area (Å²) in [6, 6.07) is 2.87. The Bertz CT molecular complexity index is 633. The normalized spacial score (nSPS) is 20.2. The lowest BCUT2D eigenvalue weighted by Gasteiger charge is -2.33. The summed E-state index contributed by atoms with van der Waals surface area (Å²) < 4.78 is 11.8. The molecule has 1 N–H and O–H groups in total. The number of carbonyl (C=O) groups excluding carboxylic acids is 1. The Hall–Kier alpha value is -1.76. The molecule has 0 aliphatic carbocycles. The summed E-state index contributed by atoms with van der Waals surface area (Å²) in [6.07, 6.45) is 2.34. The Balaban J connectivity index is 1.78. The highest BCUT2D eigenvalue weighted by Gasteiger charge is 2.32. The first-order valence-electron chi connectivity index (χ1n) is 7.66. The monoisotopic (exact) mass is 383 g/mol. The van der Waals surface area contributed by atoms with E-state index in [1.165, 1.54) is 4.90 Å². The predicted molar refractivity (Wildman–Crippen MR) is 85.8 cm³/mol. The molecule has 2 aliphatic rings. The molecule has 1 unspecified atom stereocenters. The van der Waals surface area contributed by atoms with Gasteiger partial charge in [-0.2, -0.15) is 0 Å². The Labute approximate surface area is 142 Å². The molecule has 0 saturated carbocycles. The van der Waals surface area contributed by atoms with E-state index < -0.39 is 12.0 Å². The van der Waals surface area contributed by atoms with Gasteiger partial charge in [0.2, 0.25) is 5.91 Å². The van der Waals surface area contributed by atoms with Crippen molar-refractivity contribution in [2.45, 2.75) is 31.7 Å². The Morgan fingerprint density at radius 2 is 1.91 bits per heavy atom. The summed E-state index contributed by atoms with van der Waals surface area (Å²) in [5.74, 6) is 0.171. The van der Waals surface area contributed by atoms with Gasteiger partial charge in [0.25, 0.3) is 0 Å². The molecular formula is C16H18BrNO5. The average Bonchev–Trinajstić information content (AvgIpc) is 2.55. The lowest BCUT2D eigenvalue weighted by molar-refractivity contribution is -0.151. The zero-order valence-corrected chi connectivity index (χ0v) is 14.2. The highest BCUT2D eigenvalue weighted by Crippen LogP contribution is 2.36. The molecular weight excluding hydrogens is 366 g/mol. The molecule has 1 aromatic carbocycles. The summed E-state index contributed by atoms with van der Waals surface area (Å²) in [6.45, 7) is 1.49. The molecule has 0 aromatic heterocycles. The van der Waals surface area contributed by atoms with Crippen molar-refractivity contribution in [2.75, 3.05) is 19.8 Å². The van der Waals surface area contributed by atoms with Crippen LogP contribution in [0.1, 0.15) is 24.8 Å². The van der Waals surface area contributed by atoms with E-state index in [4.69, 9.17) is 9.47 Å². The van der Waals surface area contributed by atoms with Gasteiger partial charge in [0, 0.05) is 11.0 Å². The molecule has 2 heterocycles. The van der Waals surface area contributed by atoms with Crippen LogP contribution in [0.5, 0.6) is 11.5 Å². The molecule has 6 nitrogen and oxygen atoms in total. The number of likely N-dealkylation sites (tertiary alicyclic amines) is 1. The molecule has 7 heteroatoms. The van der Waals surface area contributed by atoms with Crippen molar-refractivity contribution >= 4 is 27.8 Å². The molecule has 0 spiro atoms. The van der Waals surface area contributed by atoms with Crippen LogP contribution in [-0.4, -0.2) is 47.7 Å². The minimum Gasteiger partial charge on any atom is -0.486 e. The van der Waals surface area contributed by atoms with Crippen molar-refractivity contribution < 1.29 is 24.2 Å². The van der Waals surface area contributed by atoms with E-state index in [2.05, 4.69) is 15.9 Å². The quantitative estimate of drug-likeness (QED) is 0.865. The lowest BCUT2D eigenvalue weighted by Crippen LogP contribution is -2.48. The zero-order valence-electron chi connectivity index (χ0n) is 12.6. The predicted octanol–water partition coefficient (Wildman–Crippen LogP) is 2.23. The van der Waals surface area contributed by atoms with E-state index in [0.29, 0.717) is 37.7 Å². The van der Waals surface area contributed by atoms with Crippen molar-refractivity contribution in [1.82, 2.24) is 4.90 Å². The number of carboxylic acids is 1.